The maximum atomic E-state index is 10.9. The van der Waals surface area contributed by atoms with Crippen LogP contribution in [0.25, 0.3) is 0 Å². The molecule has 0 saturated carbocycles. The van der Waals surface area contributed by atoms with Crippen LogP contribution in [-0.2, 0) is 5.11 Å². The van der Waals surface area contributed by atoms with Crippen LogP contribution >= 0.6 is 0 Å². The summed E-state index contributed by atoms with van der Waals surface area (Å²) in [4.78, 5) is 0. The predicted octanol–water partition coefficient (Wildman–Crippen LogP) is 1.13. The summed E-state index contributed by atoms with van der Waals surface area (Å²) in [6.45, 7) is 0. The highest BCUT2D eigenvalue weighted by atomic mass is 16.5. The minimum absolute atomic E-state index is 0.162. The highest BCUT2D eigenvalue weighted by Gasteiger charge is 2.05. The Morgan fingerprint density at radius 2 is 2.09 bits per heavy atom. The molecule has 57 valence electrons. The van der Waals surface area contributed by atoms with Crippen LogP contribution in [0.5, 0.6) is 5.75 Å². The van der Waals surface area contributed by atoms with E-state index in [0.717, 1.165) is 0 Å². The van der Waals surface area contributed by atoms with E-state index in [-0.39, 0.29) is 17.1 Å². The predicted molar refractivity (Wildman–Crippen MR) is 38.3 cm³/mol. The molecular formula is C7H7N2O2. The number of para-hydroxylation sites is 1. The summed E-state index contributed by atoms with van der Waals surface area (Å²) in [6, 6.07) is 6.01. The molecule has 0 amide bonds. The van der Waals surface area contributed by atoms with E-state index in [9.17, 15) is 5.11 Å². The van der Waals surface area contributed by atoms with Crippen molar-refractivity contribution < 1.29 is 10.3 Å². The standard InChI is InChI=1S/C7H7N2O2/c8-7(9-11)5-3-1-2-4-6(5)10/h1-4,11H,(H2,8,9). The van der Waals surface area contributed by atoms with Crippen molar-refractivity contribution in [3.63, 3.8) is 0 Å². The second kappa shape index (κ2) is 3.03. The lowest BCUT2D eigenvalue weighted by Gasteiger charge is -2.00. The average molecular weight is 151 g/mol. The zero-order valence-corrected chi connectivity index (χ0v) is 5.66. The van der Waals surface area contributed by atoms with Gasteiger partial charge in [0.2, 0.25) is 0 Å². The van der Waals surface area contributed by atoms with Crippen LogP contribution in [-0.4, -0.2) is 11.0 Å². The van der Waals surface area contributed by atoms with Gasteiger partial charge in [0.05, 0.1) is 5.56 Å². The number of amidine groups is 1. The number of hydroxylamine groups is 1. The first-order chi connectivity index (χ1) is 5.25. The Morgan fingerprint density at radius 3 is 2.64 bits per heavy atom. The molecule has 1 rings (SSSR count). The van der Waals surface area contributed by atoms with Crippen molar-refractivity contribution in [1.29, 1.82) is 5.41 Å². The Morgan fingerprint density at radius 1 is 1.45 bits per heavy atom. The van der Waals surface area contributed by atoms with Gasteiger partial charge in [-0.15, -0.1) is 0 Å². The van der Waals surface area contributed by atoms with Crippen LogP contribution in [0.3, 0.4) is 0 Å². The molecule has 0 fully saturated rings. The molecule has 0 bridgehead atoms. The van der Waals surface area contributed by atoms with E-state index in [4.69, 9.17) is 10.6 Å². The Balaban J connectivity index is 3.03. The molecule has 0 spiro atoms. The summed E-state index contributed by atoms with van der Waals surface area (Å²) in [5.74, 6) is -0.561. The largest absolute Gasteiger partial charge is 0.290 e. The van der Waals surface area contributed by atoms with Crippen molar-refractivity contribution in [3.8, 4) is 5.75 Å². The Labute approximate surface area is 63.6 Å². The molecule has 0 aliphatic heterocycles. The molecule has 4 nitrogen and oxygen atoms in total. The van der Waals surface area contributed by atoms with E-state index in [1.54, 1.807) is 17.6 Å². The molecule has 3 N–H and O–H groups in total. The molecule has 0 unspecified atom stereocenters. The van der Waals surface area contributed by atoms with Gasteiger partial charge in [0.15, 0.2) is 11.6 Å². The van der Waals surface area contributed by atoms with Gasteiger partial charge in [-0.25, -0.2) is 0 Å². The van der Waals surface area contributed by atoms with Gasteiger partial charge in [0, 0.05) is 0 Å². The molecule has 0 aliphatic rings. The first-order valence-corrected chi connectivity index (χ1v) is 3.01. The SMILES string of the molecule is N=C(NO)c1ccccc1[O]. The van der Waals surface area contributed by atoms with Gasteiger partial charge in [-0.2, -0.15) is 0 Å². The Hall–Kier alpha value is -1.55. The summed E-state index contributed by atoms with van der Waals surface area (Å²) in [5, 5.41) is 26.3. The van der Waals surface area contributed by atoms with Crippen LogP contribution in [0.4, 0.5) is 0 Å². The fraction of sp³-hybridized carbons (Fsp3) is 0. The smallest absolute Gasteiger partial charge is 0.189 e. The zero-order chi connectivity index (χ0) is 8.27. The summed E-state index contributed by atoms with van der Waals surface area (Å²) in [7, 11) is 0. The van der Waals surface area contributed by atoms with Crippen LogP contribution < -0.4 is 5.48 Å². The molecule has 4 heteroatoms. The third-order valence-electron chi connectivity index (χ3n) is 1.27. The van der Waals surface area contributed by atoms with Gasteiger partial charge in [0.1, 0.15) is 0 Å². The third-order valence-corrected chi connectivity index (χ3v) is 1.27. The molecule has 0 heterocycles. The molecule has 0 aromatic heterocycles. The van der Waals surface area contributed by atoms with Gasteiger partial charge in [-0.3, -0.25) is 21.2 Å². The quantitative estimate of drug-likeness (QED) is 0.319. The van der Waals surface area contributed by atoms with Gasteiger partial charge in [-0.05, 0) is 12.1 Å². The molecule has 1 aromatic carbocycles. The van der Waals surface area contributed by atoms with E-state index in [1.807, 2.05) is 0 Å². The molecule has 1 aromatic rings. The number of rotatable bonds is 1. The second-order valence-corrected chi connectivity index (χ2v) is 1.98. The summed E-state index contributed by atoms with van der Waals surface area (Å²) in [6.07, 6.45) is 0. The van der Waals surface area contributed by atoms with Crippen molar-refractivity contribution in [2.24, 2.45) is 0 Å². The Kier molecular flexibility index (Phi) is 2.08. The van der Waals surface area contributed by atoms with Crippen molar-refractivity contribution in [2.75, 3.05) is 0 Å². The summed E-state index contributed by atoms with van der Waals surface area (Å²) < 4.78 is 0. The maximum absolute atomic E-state index is 10.9. The monoisotopic (exact) mass is 151 g/mol. The number of hydrogen-bond donors (Lipinski definition) is 3. The fourth-order valence-corrected chi connectivity index (χ4v) is 0.733. The van der Waals surface area contributed by atoms with Gasteiger partial charge < -0.3 is 0 Å². The van der Waals surface area contributed by atoms with Crippen molar-refractivity contribution >= 4 is 5.84 Å². The lowest BCUT2D eigenvalue weighted by atomic mass is 10.2. The second-order valence-electron chi connectivity index (χ2n) is 1.98. The van der Waals surface area contributed by atoms with Crippen LogP contribution in [0.15, 0.2) is 24.3 Å². The first kappa shape index (κ1) is 7.56. The van der Waals surface area contributed by atoms with Crippen LogP contribution in [0.2, 0.25) is 0 Å². The molecule has 0 atom stereocenters. The van der Waals surface area contributed by atoms with Crippen LogP contribution in [0.1, 0.15) is 5.56 Å². The molecule has 0 saturated heterocycles. The van der Waals surface area contributed by atoms with Crippen molar-refractivity contribution in [2.45, 2.75) is 0 Å². The topological polar surface area (TPSA) is 76.0 Å². The highest BCUT2D eigenvalue weighted by Crippen LogP contribution is 2.15. The van der Waals surface area contributed by atoms with Gasteiger partial charge in [-0.1, -0.05) is 12.1 Å². The van der Waals surface area contributed by atoms with Gasteiger partial charge >= 0.3 is 0 Å². The maximum Gasteiger partial charge on any atom is 0.189 e. The van der Waals surface area contributed by atoms with E-state index >= 15 is 0 Å². The normalized spacial score (nSPS) is 9.18. The minimum Gasteiger partial charge on any atom is -0.290 e. The lowest BCUT2D eigenvalue weighted by molar-refractivity contribution is 0.233. The van der Waals surface area contributed by atoms with E-state index in [2.05, 4.69) is 0 Å². The lowest BCUT2D eigenvalue weighted by Crippen LogP contribution is -2.18. The number of nitrogens with one attached hydrogen (secondary N) is 2. The molecular weight excluding hydrogens is 144 g/mol. The fourth-order valence-electron chi connectivity index (χ4n) is 0.733. The summed E-state index contributed by atoms with van der Waals surface area (Å²) in [5.41, 5.74) is 1.77. The molecule has 1 radical (unpaired) electrons. The van der Waals surface area contributed by atoms with Crippen molar-refractivity contribution in [3.05, 3.63) is 29.8 Å². The molecule has 0 aliphatic carbocycles. The van der Waals surface area contributed by atoms with Crippen molar-refractivity contribution in [1.82, 2.24) is 5.48 Å². The van der Waals surface area contributed by atoms with Gasteiger partial charge in [0.25, 0.3) is 0 Å². The minimum atomic E-state index is -0.282. The number of benzene rings is 1. The van der Waals surface area contributed by atoms with E-state index in [0.29, 0.717) is 0 Å². The number of hydrogen-bond acceptors (Lipinski definition) is 2. The van der Waals surface area contributed by atoms with E-state index < -0.39 is 0 Å². The third kappa shape index (κ3) is 1.47. The Bertz CT molecular complexity index is 273. The zero-order valence-electron chi connectivity index (χ0n) is 5.66. The summed E-state index contributed by atoms with van der Waals surface area (Å²) >= 11 is 0. The van der Waals surface area contributed by atoms with E-state index in [1.165, 1.54) is 12.1 Å². The highest BCUT2D eigenvalue weighted by molar-refractivity contribution is 5.97. The first-order valence-electron chi connectivity index (χ1n) is 3.01. The molecule has 11 heavy (non-hydrogen) atoms. The average Bonchev–Trinajstić information content (AvgIpc) is 2.04. The van der Waals surface area contributed by atoms with Crippen LogP contribution in [0, 0.1) is 5.41 Å².